The molecule has 118 valence electrons. The van der Waals surface area contributed by atoms with E-state index in [4.69, 9.17) is 0 Å². The summed E-state index contributed by atoms with van der Waals surface area (Å²) >= 11 is 0. The molecule has 0 aromatic carbocycles. The number of nitrogens with one attached hydrogen (secondary N) is 1. The number of carbonyl (C=O) groups is 1. The van der Waals surface area contributed by atoms with Crippen LogP contribution in [0.3, 0.4) is 0 Å². The zero-order valence-electron chi connectivity index (χ0n) is 13.2. The van der Waals surface area contributed by atoms with Gasteiger partial charge >= 0.3 is 0 Å². The van der Waals surface area contributed by atoms with Crippen molar-refractivity contribution in [1.29, 1.82) is 0 Å². The van der Waals surface area contributed by atoms with Crippen molar-refractivity contribution in [2.45, 2.75) is 38.7 Å². The molecule has 0 atom stereocenters. The number of carbonyl (C=O) groups excluding carboxylic acids is 1. The van der Waals surface area contributed by atoms with Crippen LogP contribution in [0.4, 0.5) is 0 Å². The van der Waals surface area contributed by atoms with Crippen LogP contribution in [0, 0.1) is 5.92 Å². The highest BCUT2D eigenvalue weighted by Gasteiger charge is 2.27. The molecule has 5 nitrogen and oxygen atoms in total. The van der Waals surface area contributed by atoms with Crippen LogP contribution >= 0.6 is 0 Å². The topological polar surface area (TPSA) is 69.2 Å². The van der Waals surface area contributed by atoms with E-state index in [2.05, 4.69) is 9.97 Å². The summed E-state index contributed by atoms with van der Waals surface area (Å²) in [4.78, 5) is 21.7. The monoisotopic (exact) mass is 301 g/mol. The smallest absolute Gasteiger partial charge is 0.270 e. The van der Waals surface area contributed by atoms with Gasteiger partial charge in [0.15, 0.2) is 0 Å². The highest BCUT2D eigenvalue weighted by molar-refractivity contribution is 5.97. The van der Waals surface area contributed by atoms with E-state index in [1.165, 1.54) is 0 Å². The molecular formula is C17H23N3O2. The Morgan fingerprint density at radius 2 is 2.18 bits per heavy atom. The Bertz CT molecular complexity index is 631. The number of H-pyrrole nitrogens is 1. The summed E-state index contributed by atoms with van der Waals surface area (Å²) in [6, 6.07) is 3.79. The molecular weight excluding hydrogens is 278 g/mol. The van der Waals surface area contributed by atoms with Crippen LogP contribution in [0.5, 0.6) is 0 Å². The fraction of sp³-hybridized carbons (Fsp3) is 0.529. The first-order valence-electron chi connectivity index (χ1n) is 7.87. The molecule has 2 aromatic rings. The lowest BCUT2D eigenvalue weighted by molar-refractivity contribution is 0.0357. The van der Waals surface area contributed by atoms with E-state index in [9.17, 15) is 9.90 Å². The summed E-state index contributed by atoms with van der Waals surface area (Å²) in [5.41, 5.74) is 0.896. The lowest BCUT2D eigenvalue weighted by Crippen LogP contribution is -2.40. The summed E-state index contributed by atoms with van der Waals surface area (Å²) in [5, 5.41) is 10.9. The van der Waals surface area contributed by atoms with Crippen molar-refractivity contribution in [2.24, 2.45) is 5.92 Å². The van der Waals surface area contributed by atoms with Gasteiger partial charge in [-0.3, -0.25) is 9.78 Å². The summed E-state index contributed by atoms with van der Waals surface area (Å²) in [7, 11) is 0. The van der Waals surface area contributed by atoms with E-state index in [1.54, 1.807) is 12.4 Å². The molecule has 1 amide bonds. The third kappa shape index (κ3) is 3.30. The number of rotatable bonds is 3. The molecule has 1 saturated heterocycles. The van der Waals surface area contributed by atoms with E-state index in [1.807, 2.05) is 30.9 Å². The highest BCUT2D eigenvalue weighted by atomic mass is 16.3. The van der Waals surface area contributed by atoms with Crippen molar-refractivity contribution in [1.82, 2.24) is 14.9 Å². The van der Waals surface area contributed by atoms with E-state index < -0.39 is 5.60 Å². The highest BCUT2D eigenvalue weighted by Crippen LogP contribution is 2.27. The molecule has 1 aliphatic heterocycles. The maximum absolute atomic E-state index is 12.6. The van der Waals surface area contributed by atoms with Crippen molar-refractivity contribution < 1.29 is 9.90 Å². The molecule has 0 bridgehead atoms. The summed E-state index contributed by atoms with van der Waals surface area (Å²) in [6.45, 7) is 5.21. The van der Waals surface area contributed by atoms with Crippen molar-refractivity contribution >= 4 is 16.8 Å². The Kier molecular flexibility index (Phi) is 3.91. The first-order valence-corrected chi connectivity index (χ1v) is 7.87. The lowest BCUT2D eigenvalue weighted by atomic mass is 9.86. The molecule has 5 heteroatoms. The molecule has 0 unspecified atom stereocenters. The van der Waals surface area contributed by atoms with Crippen molar-refractivity contribution in [3.63, 3.8) is 0 Å². The maximum atomic E-state index is 12.6. The second-order valence-electron chi connectivity index (χ2n) is 6.90. The number of nitrogens with zero attached hydrogens (tertiary/aromatic N) is 2. The van der Waals surface area contributed by atoms with Gasteiger partial charge in [0.1, 0.15) is 5.69 Å². The maximum Gasteiger partial charge on any atom is 0.270 e. The number of likely N-dealkylation sites (tertiary alicyclic amines) is 1. The Hall–Kier alpha value is -1.88. The van der Waals surface area contributed by atoms with Gasteiger partial charge in [-0.1, -0.05) is 0 Å². The van der Waals surface area contributed by atoms with Crippen LogP contribution in [0.25, 0.3) is 10.9 Å². The van der Waals surface area contributed by atoms with Crippen molar-refractivity contribution in [3.05, 3.63) is 30.2 Å². The Labute approximate surface area is 130 Å². The van der Waals surface area contributed by atoms with Crippen molar-refractivity contribution in [3.8, 4) is 0 Å². The molecule has 1 fully saturated rings. The zero-order chi connectivity index (χ0) is 15.7. The first kappa shape index (κ1) is 15.0. The molecule has 2 aromatic heterocycles. The average molecular weight is 301 g/mol. The Morgan fingerprint density at radius 3 is 2.82 bits per heavy atom. The number of aliphatic hydroxyl groups is 1. The second-order valence-corrected chi connectivity index (χ2v) is 6.90. The van der Waals surface area contributed by atoms with Gasteiger partial charge in [-0.05, 0) is 51.2 Å². The fourth-order valence-electron chi connectivity index (χ4n) is 3.30. The van der Waals surface area contributed by atoms with Gasteiger partial charge in [0.2, 0.25) is 0 Å². The number of amides is 1. The Morgan fingerprint density at radius 1 is 1.45 bits per heavy atom. The summed E-state index contributed by atoms with van der Waals surface area (Å²) < 4.78 is 0. The minimum absolute atomic E-state index is 0.0536. The number of piperidine rings is 1. The minimum atomic E-state index is -0.624. The minimum Gasteiger partial charge on any atom is -0.390 e. The van der Waals surface area contributed by atoms with Gasteiger partial charge in [-0.25, -0.2) is 0 Å². The third-order valence-electron chi connectivity index (χ3n) is 4.34. The molecule has 1 aliphatic rings. The largest absolute Gasteiger partial charge is 0.390 e. The molecule has 3 rings (SSSR count). The molecule has 3 heterocycles. The molecule has 0 aliphatic carbocycles. The van der Waals surface area contributed by atoms with E-state index in [0.717, 1.165) is 43.3 Å². The number of pyridine rings is 1. The number of aromatic nitrogens is 2. The first-order chi connectivity index (χ1) is 10.4. The molecule has 0 radical (unpaired) electrons. The predicted molar refractivity (Wildman–Crippen MR) is 85.6 cm³/mol. The Balaban J connectivity index is 1.64. The average Bonchev–Trinajstić information content (AvgIpc) is 2.89. The van der Waals surface area contributed by atoms with Crippen LogP contribution in [0.2, 0.25) is 0 Å². The lowest BCUT2D eigenvalue weighted by Gasteiger charge is -2.34. The van der Waals surface area contributed by atoms with Crippen molar-refractivity contribution in [2.75, 3.05) is 13.1 Å². The van der Waals surface area contributed by atoms with Crippen LogP contribution in [-0.2, 0) is 0 Å². The molecule has 0 spiro atoms. The summed E-state index contributed by atoms with van der Waals surface area (Å²) in [6.07, 6.45) is 6.18. The van der Waals surface area contributed by atoms with Gasteiger partial charge in [0.25, 0.3) is 5.91 Å². The van der Waals surface area contributed by atoms with Crippen LogP contribution in [0.1, 0.15) is 43.6 Å². The standard InChI is InChI=1S/C17H23N3O2/c1-17(2,22)10-12-4-7-20(8-5-12)16(21)14-9-13-3-6-18-11-15(13)19-14/h3,6,9,11-12,19,22H,4-5,7-8,10H2,1-2H3. The zero-order valence-corrected chi connectivity index (χ0v) is 13.2. The molecule has 0 saturated carbocycles. The van der Waals surface area contributed by atoms with Gasteiger partial charge in [0.05, 0.1) is 17.3 Å². The number of fused-ring (bicyclic) bond motifs is 1. The molecule has 2 N–H and O–H groups in total. The normalized spacial score (nSPS) is 17.1. The summed E-state index contributed by atoms with van der Waals surface area (Å²) in [5.74, 6) is 0.550. The number of aromatic amines is 1. The third-order valence-corrected chi connectivity index (χ3v) is 4.34. The van der Waals surface area contributed by atoms with Gasteiger partial charge < -0.3 is 15.0 Å². The van der Waals surface area contributed by atoms with E-state index in [0.29, 0.717) is 11.6 Å². The van der Waals surface area contributed by atoms with Gasteiger partial charge in [0, 0.05) is 24.7 Å². The van der Waals surface area contributed by atoms with Gasteiger partial charge in [-0.15, -0.1) is 0 Å². The second kappa shape index (κ2) is 5.72. The van der Waals surface area contributed by atoms with Crippen LogP contribution in [0.15, 0.2) is 24.5 Å². The predicted octanol–water partition coefficient (Wildman–Crippen LogP) is 2.58. The van der Waals surface area contributed by atoms with Crippen LogP contribution in [-0.4, -0.2) is 44.6 Å². The van der Waals surface area contributed by atoms with E-state index >= 15 is 0 Å². The number of hydrogen-bond acceptors (Lipinski definition) is 3. The number of hydrogen-bond donors (Lipinski definition) is 2. The molecule has 22 heavy (non-hydrogen) atoms. The van der Waals surface area contributed by atoms with Crippen LogP contribution < -0.4 is 0 Å². The van der Waals surface area contributed by atoms with E-state index in [-0.39, 0.29) is 5.91 Å². The quantitative estimate of drug-likeness (QED) is 0.915. The SMILES string of the molecule is CC(C)(O)CC1CCN(C(=O)c2cc3ccncc3[nH]2)CC1. The fourth-order valence-corrected chi connectivity index (χ4v) is 3.30. The van der Waals surface area contributed by atoms with Gasteiger partial charge in [-0.2, -0.15) is 0 Å².